The number of rotatable bonds is 5. The Kier molecular flexibility index (Phi) is 6.58. The Labute approximate surface area is 178 Å². The average Bonchev–Trinajstić information content (AvgIpc) is 3.27. The average molecular weight is 424 g/mol. The van der Waals surface area contributed by atoms with Crippen LogP contribution >= 0.6 is 12.4 Å². The van der Waals surface area contributed by atoms with Crippen LogP contribution in [0.2, 0.25) is 0 Å². The molecule has 3 atom stereocenters. The Morgan fingerprint density at radius 2 is 1.69 bits per heavy atom. The van der Waals surface area contributed by atoms with E-state index in [-0.39, 0.29) is 42.6 Å². The quantitative estimate of drug-likeness (QED) is 0.786. The highest BCUT2D eigenvalue weighted by Crippen LogP contribution is 2.34. The van der Waals surface area contributed by atoms with Crippen LogP contribution in [0, 0.1) is 5.92 Å². The number of nitrogens with zero attached hydrogens (tertiary/aromatic N) is 2. The molecule has 2 bridgehead atoms. The molecule has 2 amide bonds. The van der Waals surface area contributed by atoms with Gasteiger partial charge in [-0.05, 0) is 25.7 Å². The molecule has 1 aromatic carbocycles. The van der Waals surface area contributed by atoms with E-state index in [4.69, 9.17) is 9.47 Å². The number of hydrogen-bond acceptors (Lipinski definition) is 5. The molecule has 8 heteroatoms. The van der Waals surface area contributed by atoms with Gasteiger partial charge in [-0.1, -0.05) is 0 Å². The second-order valence-corrected chi connectivity index (χ2v) is 8.19. The van der Waals surface area contributed by atoms with Crippen LogP contribution in [-0.4, -0.2) is 62.7 Å². The standard InChI is InChI=1S/C21H29N3O4.ClH/c1-23(16-7-14-4-5-15(8-16)22-14)21(26)13-6-20(25)24(12-13)17-9-18(27-2)11-19(10-17)28-3;/h9-11,13-16,22H,4-8,12H2,1-3H3;1H. The monoisotopic (exact) mass is 423 g/mol. The summed E-state index contributed by atoms with van der Waals surface area (Å²) >= 11 is 0. The molecule has 3 unspecified atom stereocenters. The predicted molar refractivity (Wildman–Crippen MR) is 113 cm³/mol. The number of carbonyl (C=O) groups excluding carboxylic acids is 2. The van der Waals surface area contributed by atoms with E-state index in [0.29, 0.717) is 35.8 Å². The first-order valence-corrected chi connectivity index (χ1v) is 10.0. The predicted octanol–water partition coefficient (Wildman–Crippen LogP) is 2.22. The minimum absolute atomic E-state index is 0. The lowest BCUT2D eigenvalue weighted by molar-refractivity contribution is -0.137. The van der Waals surface area contributed by atoms with Gasteiger partial charge in [0.2, 0.25) is 11.8 Å². The number of piperidine rings is 1. The minimum atomic E-state index is -0.303. The molecule has 0 saturated carbocycles. The third kappa shape index (κ3) is 4.31. The molecular weight excluding hydrogens is 394 g/mol. The van der Waals surface area contributed by atoms with Crippen molar-refractivity contribution in [1.82, 2.24) is 10.2 Å². The molecular formula is C21H30ClN3O4. The number of halogens is 1. The van der Waals surface area contributed by atoms with E-state index >= 15 is 0 Å². The summed E-state index contributed by atoms with van der Waals surface area (Å²) in [6.45, 7) is 0.399. The zero-order valence-corrected chi connectivity index (χ0v) is 18.0. The first-order chi connectivity index (χ1) is 13.5. The van der Waals surface area contributed by atoms with Crippen molar-refractivity contribution < 1.29 is 19.1 Å². The van der Waals surface area contributed by atoms with Crippen molar-refractivity contribution in [3.05, 3.63) is 18.2 Å². The Balaban J connectivity index is 0.00000240. The molecule has 7 nitrogen and oxygen atoms in total. The third-order valence-electron chi connectivity index (χ3n) is 6.47. The lowest BCUT2D eigenvalue weighted by Gasteiger charge is -2.36. The summed E-state index contributed by atoms with van der Waals surface area (Å²) in [6, 6.07) is 6.72. The Morgan fingerprint density at radius 1 is 1.10 bits per heavy atom. The van der Waals surface area contributed by atoms with E-state index < -0.39 is 0 Å². The van der Waals surface area contributed by atoms with Crippen LogP contribution in [0.3, 0.4) is 0 Å². The molecule has 3 fully saturated rings. The van der Waals surface area contributed by atoms with Gasteiger partial charge < -0.3 is 24.6 Å². The van der Waals surface area contributed by atoms with Gasteiger partial charge in [0.25, 0.3) is 0 Å². The Hall–Kier alpha value is -1.99. The zero-order chi connectivity index (χ0) is 19.8. The number of fused-ring (bicyclic) bond motifs is 2. The molecule has 3 saturated heterocycles. The van der Waals surface area contributed by atoms with E-state index in [1.165, 1.54) is 12.8 Å². The van der Waals surface area contributed by atoms with Crippen LogP contribution in [0.1, 0.15) is 32.1 Å². The molecule has 0 radical (unpaired) electrons. The number of methoxy groups -OCH3 is 2. The van der Waals surface area contributed by atoms with Gasteiger partial charge >= 0.3 is 0 Å². The summed E-state index contributed by atoms with van der Waals surface area (Å²) < 4.78 is 10.6. The number of carbonyl (C=O) groups is 2. The number of anilines is 1. The molecule has 0 spiro atoms. The maximum atomic E-state index is 13.1. The molecule has 160 valence electrons. The maximum absolute atomic E-state index is 13.1. The molecule has 3 heterocycles. The summed E-state index contributed by atoms with van der Waals surface area (Å²) in [4.78, 5) is 29.4. The van der Waals surface area contributed by atoms with Crippen molar-refractivity contribution in [2.45, 2.75) is 50.2 Å². The van der Waals surface area contributed by atoms with Gasteiger partial charge in [0, 0.05) is 56.3 Å². The first-order valence-electron chi connectivity index (χ1n) is 10.0. The SMILES string of the molecule is COc1cc(OC)cc(N2CC(C(=O)N(C)C3CC4CCC(C3)N4)CC2=O)c1.Cl. The molecule has 0 aromatic heterocycles. The molecule has 29 heavy (non-hydrogen) atoms. The molecule has 3 aliphatic rings. The number of ether oxygens (including phenoxy) is 2. The van der Waals surface area contributed by atoms with Crippen LogP contribution in [0.15, 0.2) is 18.2 Å². The van der Waals surface area contributed by atoms with Gasteiger partial charge in [-0.3, -0.25) is 9.59 Å². The zero-order valence-electron chi connectivity index (χ0n) is 17.2. The van der Waals surface area contributed by atoms with Gasteiger partial charge in [-0.15, -0.1) is 12.4 Å². The van der Waals surface area contributed by atoms with Crippen molar-refractivity contribution in [2.75, 3.05) is 32.7 Å². The fourth-order valence-electron chi connectivity index (χ4n) is 4.88. The van der Waals surface area contributed by atoms with Gasteiger partial charge in [-0.25, -0.2) is 0 Å². The van der Waals surface area contributed by atoms with E-state index in [0.717, 1.165) is 12.8 Å². The van der Waals surface area contributed by atoms with Crippen molar-refractivity contribution in [3.63, 3.8) is 0 Å². The van der Waals surface area contributed by atoms with Crippen molar-refractivity contribution in [1.29, 1.82) is 0 Å². The Morgan fingerprint density at radius 3 is 2.24 bits per heavy atom. The second-order valence-electron chi connectivity index (χ2n) is 8.19. The van der Waals surface area contributed by atoms with Crippen molar-refractivity contribution in [3.8, 4) is 11.5 Å². The summed E-state index contributed by atoms with van der Waals surface area (Å²) in [5.41, 5.74) is 0.707. The van der Waals surface area contributed by atoms with E-state index in [2.05, 4.69) is 5.32 Å². The van der Waals surface area contributed by atoms with E-state index in [1.54, 1.807) is 25.2 Å². The number of benzene rings is 1. The molecule has 3 aliphatic heterocycles. The summed E-state index contributed by atoms with van der Waals surface area (Å²) in [5.74, 6) is 0.991. The topological polar surface area (TPSA) is 71.1 Å². The second kappa shape index (κ2) is 8.79. The molecule has 1 N–H and O–H groups in total. The summed E-state index contributed by atoms with van der Waals surface area (Å²) in [7, 11) is 5.06. The highest BCUT2D eigenvalue weighted by atomic mass is 35.5. The number of amides is 2. The van der Waals surface area contributed by atoms with Crippen LogP contribution in [0.5, 0.6) is 11.5 Å². The first kappa shape index (κ1) is 21.7. The van der Waals surface area contributed by atoms with Crippen LogP contribution in [-0.2, 0) is 9.59 Å². The lowest BCUT2D eigenvalue weighted by atomic mass is 9.97. The molecule has 0 aliphatic carbocycles. The lowest BCUT2D eigenvalue weighted by Crippen LogP contribution is -2.50. The van der Waals surface area contributed by atoms with Gasteiger partial charge in [0.05, 0.1) is 25.8 Å². The fraction of sp³-hybridized carbons (Fsp3) is 0.619. The van der Waals surface area contributed by atoms with Gasteiger partial charge in [0.15, 0.2) is 0 Å². The smallest absolute Gasteiger partial charge is 0.228 e. The number of nitrogens with one attached hydrogen (secondary N) is 1. The van der Waals surface area contributed by atoms with Crippen LogP contribution < -0.4 is 19.7 Å². The summed E-state index contributed by atoms with van der Waals surface area (Å²) in [6.07, 6.45) is 4.68. The maximum Gasteiger partial charge on any atom is 0.228 e. The van der Waals surface area contributed by atoms with E-state index in [1.807, 2.05) is 24.1 Å². The Bertz CT molecular complexity index is 740. The fourth-order valence-corrected chi connectivity index (χ4v) is 4.88. The third-order valence-corrected chi connectivity index (χ3v) is 6.47. The van der Waals surface area contributed by atoms with E-state index in [9.17, 15) is 9.59 Å². The van der Waals surface area contributed by atoms with Gasteiger partial charge in [-0.2, -0.15) is 0 Å². The van der Waals surface area contributed by atoms with Crippen LogP contribution in [0.25, 0.3) is 0 Å². The number of hydrogen-bond donors (Lipinski definition) is 1. The largest absolute Gasteiger partial charge is 0.497 e. The highest BCUT2D eigenvalue weighted by Gasteiger charge is 2.41. The minimum Gasteiger partial charge on any atom is -0.497 e. The summed E-state index contributed by atoms with van der Waals surface area (Å²) in [5, 5.41) is 3.62. The van der Waals surface area contributed by atoms with Crippen molar-refractivity contribution >= 4 is 29.9 Å². The van der Waals surface area contributed by atoms with Crippen molar-refractivity contribution in [2.24, 2.45) is 5.92 Å². The normalized spacial score (nSPS) is 28.1. The molecule has 1 aromatic rings. The molecule has 4 rings (SSSR count). The van der Waals surface area contributed by atoms with Gasteiger partial charge in [0.1, 0.15) is 11.5 Å². The highest BCUT2D eigenvalue weighted by molar-refractivity contribution is 6.00. The van der Waals surface area contributed by atoms with Crippen LogP contribution in [0.4, 0.5) is 5.69 Å².